The number of fused-ring (bicyclic) bond motifs is 1. The highest BCUT2D eigenvalue weighted by atomic mass is 19.2. The van der Waals surface area contributed by atoms with Crippen molar-refractivity contribution >= 4 is 10.8 Å². The van der Waals surface area contributed by atoms with Crippen LogP contribution in [0.2, 0.25) is 0 Å². The molecule has 4 aromatic rings. The average molecular weight is 438 g/mol. The van der Waals surface area contributed by atoms with Gasteiger partial charge >= 0.3 is 0 Å². The Morgan fingerprint density at radius 2 is 1.47 bits per heavy atom. The molecule has 0 atom stereocenters. The van der Waals surface area contributed by atoms with Gasteiger partial charge < -0.3 is 0 Å². The summed E-state index contributed by atoms with van der Waals surface area (Å²) in [4.78, 5) is 8.31. The van der Waals surface area contributed by atoms with Gasteiger partial charge in [-0.1, -0.05) is 31.3 Å². The lowest BCUT2D eigenvalue weighted by Gasteiger charge is -2.05. The van der Waals surface area contributed by atoms with E-state index in [0.717, 1.165) is 36.6 Å². The zero-order valence-electron chi connectivity index (χ0n) is 16.8. The molecule has 1 heterocycles. The van der Waals surface area contributed by atoms with Crippen LogP contribution in [0, 0.1) is 40.9 Å². The van der Waals surface area contributed by atoms with Gasteiger partial charge in [-0.3, -0.25) is 0 Å². The molecule has 2 nitrogen and oxygen atoms in total. The SMILES string of the molecule is CCCc1cnc(-c2cc(F)c(C#Cc3ccc4c(F)c(F)c(F)cc4c3)c(F)c2)nc1. The summed E-state index contributed by atoms with van der Waals surface area (Å²) in [5.74, 6) is -0.836. The predicted octanol–water partition coefficient (Wildman–Crippen LogP) is 6.34. The van der Waals surface area contributed by atoms with E-state index < -0.39 is 34.6 Å². The Hall–Kier alpha value is -3.79. The van der Waals surface area contributed by atoms with E-state index in [4.69, 9.17) is 0 Å². The highest BCUT2D eigenvalue weighted by Crippen LogP contribution is 2.25. The monoisotopic (exact) mass is 438 g/mol. The van der Waals surface area contributed by atoms with Crippen LogP contribution in [0.4, 0.5) is 22.0 Å². The predicted molar refractivity (Wildman–Crippen MR) is 111 cm³/mol. The first-order chi connectivity index (χ1) is 15.4. The van der Waals surface area contributed by atoms with Gasteiger partial charge in [0.15, 0.2) is 23.3 Å². The van der Waals surface area contributed by atoms with Crippen LogP contribution in [0.25, 0.3) is 22.2 Å². The van der Waals surface area contributed by atoms with Gasteiger partial charge in [-0.2, -0.15) is 0 Å². The third-order valence-electron chi connectivity index (χ3n) is 4.85. The molecule has 7 heteroatoms. The molecule has 0 unspecified atom stereocenters. The van der Waals surface area contributed by atoms with Crippen LogP contribution in [-0.2, 0) is 6.42 Å². The maximum absolute atomic E-state index is 14.6. The highest BCUT2D eigenvalue weighted by Gasteiger charge is 2.14. The number of hydrogen-bond donors (Lipinski definition) is 0. The summed E-state index contributed by atoms with van der Waals surface area (Å²) >= 11 is 0. The zero-order valence-corrected chi connectivity index (χ0v) is 16.8. The minimum atomic E-state index is -1.57. The molecule has 160 valence electrons. The lowest BCUT2D eigenvalue weighted by Crippen LogP contribution is -1.96. The van der Waals surface area contributed by atoms with Gasteiger partial charge in [0, 0.05) is 28.9 Å². The van der Waals surface area contributed by atoms with Gasteiger partial charge in [-0.15, -0.1) is 0 Å². The molecule has 0 saturated carbocycles. The molecule has 32 heavy (non-hydrogen) atoms. The topological polar surface area (TPSA) is 25.8 Å². The van der Waals surface area contributed by atoms with E-state index in [1.165, 1.54) is 18.2 Å². The molecule has 0 saturated heterocycles. The van der Waals surface area contributed by atoms with Crippen molar-refractivity contribution in [3.05, 3.63) is 94.6 Å². The van der Waals surface area contributed by atoms with Crippen molar-refractivity contribution in [3.8, 4) is 23.2 Å². The van der Waals surface area contributed by atoms with Crippen molar-refractivity contribution < 1.29 is 22.0 Å². The quantitative estimate of drug-likeness (QED) is 0.212. The molecular weight excluding hydrogens is 423 g/mol. The first-order valence-corrected chi connectivity index (χ1v) is 9.77. The van der Waals surface area contributed by atoms with E-state index in [9.17, 15) is 22.0 Å². The number of benzene rings is 3. The van der Waals surface area contributed by atoms with Crippen LogP contribution < -0.4 is 0 Å². The molecule has 0 amide bonds. The molecule has 0 bridgehead atoms. The maximum atomic E-state index is 14.6. The van der Waals surface area contributed by atoms with Crippen LogP contribution in [-0.4, -0.2) is 9.97 Å². The van der Waals surface area contributed by atoms with Gasteiger partial charge in [0.1, 0.15) is 11.6 Å². The fourth-order valence-corrected chi connectivity index (χ4v) is 3.26. The Labute approximate surface area is 180 Å². The van der Waals surface area contributed by atoms with Crippen LogP contribution in [0.3, 0.4) is 0 Å². The molecule has 1 aromatic heterocycles. The smallest absolute Gasteiger partial charge is 0.195 e. The lowest BCUT2D eigenvalue weighted by atomic mass is 10.1. The third kappa shape index (κ3) is 4.17. The van der Waals surface area contributed by atoms with Crippen molar-refractivity contribution in [2.45, 2.75) is 19.8 Å². The molecule has 0 aliphatic carbocycles. The minimum absolute atomic E-state index is 0.0770. The number of aromatic nitrogens is 2. The largest absolute Gasteiger partial charge is 0.236 e. The van der Waals surface area contributed by atoms with Gasteiger partial charge in [-0.05, 0) is 47.7 Å². The standard InChI is InChI=1S/C25H15F5N2/c1-2-3-15-12-31-25(32-13-15)17-10-20(26)19(21(27)11-17)7-5-14-4-6-18-16(8-14)9-22(28)24(30)23(18)29/h4,6,8-13H,2-3H2,1H3. The highest BCUT2D eigenvalue weighted by molar-refractivity contribution is 5.84. The average Bonchev–Trinajstić information content (AvgIpc) is 2.77. The Balaban J connectivity index is 1.67. The second kappa shape index (κ2) is 8.75. The van der Waals surface area contributed by atoms with E-state index in [-0.39, 0.29) is 27.7 Å². The normalized spacial score (nSPS) is 10.8. The summed E-state index contributed by atoms with van der Waals surface area (Å²) < 4.78 is 69.8. The van der Waals surface area contributed by atoms with E-state index in [0.29, 0.717) is 0 Å². The molecule has 0 N–H and O–H groups in total. The number of nitrogens with zero attached hydrogens (tertiary/aromatic N) is 2. The Morgan fingerprint density at radius 3 is 2.12 bits per heavy atom. The number of hydrogen-bond acceptors (Lipinski definition) is 2. The summed E-state index contributed by atoms with van der Waals surface area (Å²) in [6, 6.07) is 6.91. The number of halogens is 5. The Morgan fingerprint density at radius 1 is 0.781 bits per heavy atom. The fourth-order valence-electron chi connectivity index (χ4n) is 3.26. The van der Waals surface area contributed by atoms with Gasteiger partial charge in [0.05, 0.1) is 5.56 Å². The van der Waals surface area contributed by atoms with Crippen LogP contribution in [0.15, 0.2) is 48.8 Å². The zero-order chi connectivity index (χ0) is 22.8. The maximum Gasteiger partial charge on any atom is 0.195 e. The fraction of sp³-hybridized carbons (Fsp3) is 0.120. The molecule has 3 aromatic carbocycles. The Kier molecular flexibility index (Phi) is 5.87. The molecular formula is C25H15F5N2. The lowest BCUT2D eigenvalue weighted by molar-refractivity contribution is 0.453. The summed E-state index contributed by atoms with van der Waals surface area (Å²) in [5, 5.41) is -0.0470. The molecule has 0 radical (unpaired) electrons. The third-order valence-corrected chi connectivity index (χ3v) is 4.85. The van der Waals surface area contributed by atoms with Crippen molar-refractivity contribution in [3.63, 3.8) is 0 Å². The van der Waals surface area contributed by atoms with Gasteiger partial charge in [0.2, 0.25) is 0 Å². The number of rotatable bonds is 3. The Bertz CT molecular complexity index is 1360. The first kappa shape index (κ1) is 21.4. The van der Waals surface area contributed by atoms with Crippen molar-refractivity contribution in [1.82, 2.24) is 9.97 Å². The summed E-state index contributed by atoms with van der Waals surface area (Å²) in [6.45, 7) is 2.02. The first-order valence-electron chi connectivity index (χ1n) is 9.77. The van der Waals surface area contributed by atoms with Crippen molar-refractivity contribution in [1.29, 1.82) is 0 Å². The van der Waals surface area contributed by atoms with Crippen LogP contribution >= 0.6 is 0 Å². The summed E-state index contributed by atoms with van der Waals surface area (Å²) in [5.41, 5.74) is 0.887. The van der Waals surface area contributed by atoms with Crippen molar-refractivity contribution in [2.24, 2.45) is 0 Å². The second-order valence-corrected chi connectivity index (χ2v) is 7.15. The second-order valence-electron chi connectivity index (χ2n) is 7.15. The van der Waals surface area contributed by atoms with Crippen molar-refractivity contribution in [2.75, 3.05) is 0 Å². The van der Waals surface area contributed by atoms with Gasteiger partial charge in [-0.25, -0.2) is 31.9 Å². The van der Waals surface area contributed by atoms with E-state index >= 15 is 0 Å². The minimum Gasteiger partial charge on any atom is -0.236 e. The van der Waals surface area contributed by atoms with E-state index in [2.05, 4.69) is 21.8 Å². The molecule has 0 aliphatic heterocycles. The molecule has 4 rings (SSSR count). The summed E-state index contributed by atoms with van der Waals surface area (Å²) in [7, 11) is 0. The van der Waals surface area contributed by atoms with E-state index in [1.54, 1.807) is 12.4 Å². The summed E-state index contributed by atoms with van der Waals surface area (Å²) in [6.07, 6.45) is 4.97. The molecule has 0 aliphatic rings. The van der Waals surface area contributed by atoms with Crippen LogP contribution in [0.5, 0.6) is 0 Å². The van der Waals surface area contributed by atoms with Gasteiger partial charge in [0.25, 0.3) is 0 Å². The van der Waals surface area contributed by atoms with E-state index in [1.807, 2.05) is 6.92 Å². The number of aryl methyl sites for hydroxylation is 1. The van der Waals surface area contributed by atoms with Crippen LogP contribution in [0.1, 0.15) is 30.0 Å². The molecule has 0 spiro atoms. The molecule has 0 fully saturated rings.